The predicted octanol–water partition coefficient (Wildman–Crippen LogP) is 2.67. The zero-order valence-corrected chi connectivity index (χ0v) is 11.9. The standard InChI is InChI=1S/C14H18BrNO2/c15-9-13(11-5-2-1-3-6-11)16-14(17)12-7-4-8-18-10-12/h1-3,5-6,12-13H,4,7-10H2,(H,16,17). The molecule has 0 aliphatic carbocycles. The lowest BCUT2D eigenvalue weighted by Gasteiger charge is -2.24. The van der Waals surface area contributed by atoms with E-state index in [0.717, 1.165) is 30.3 Å². The Morgan fingerprint density at radius 3 is 2.83 bits per heavy atom. The van der Waals surface area contributed by atoms with Crippen molar-refractivity contribution in [3.8, 4) is 0 Å². The highest BCUT2D eigenvalue weighted by molar-refractivity contribution is 9.09. The van der Waals surface area contributed by atoms with E-state index in [-0.39, 0.29) is 17.9 Å². The lowest BCUT2D eigenvalue weighted by Crippen LogP contribution is -2.38. The van der Waals surface area contributed by atoms with Crippen LogP contribution in [0.1, 0.15) is 24.4 Å². The number of benzene rings is 1. The van der Waals surface area contributed by atoms with Crippen LogP contribution in [0, 0.1) is 5.92 Å². The average molecular weight is 312 g/mol. The van der Waals surface area contributed by atoms with Crippen molar-refractivity contribution in [3.05, 3.63) is 35.9 Å². The number of rotatable bonds is 4. The Kier molecular flexibility index (Phi) is 5.20. The van der Waals surface area contributed by atoms with Crippen molar-refractivity contribution in [2.75, 3.05) is 18.5 Å². The van der Waals surface area contributed by atoms with E-state index in [4.69, 9.17) is 4.74 Å². The number of alkyl halides is 1. The lowest BCUT2D eigenvalue weighted by molar-refractivity contribution is -0.129. The van der Waals surface area contributed by atoms with Crippen LogP contribution in [0.4, 0.5) is 0 Å². The van der Waals surface area contributed by atoms with E-state index in [1.165, 1.54) is 0 Å². The second kappa shape index (κ2) is 6.90. The molecular formula is C14H18BrNO2. The van der Waals surface area contributed by atoms with Gasteiger partial charge in [-0.25, -0.2) is 0 Å². The second-order valence-corrected chi connectivity index (χ2v) is 5.19. The van der Waals surface area contributed by atoms with Crippen molar-refractivity contribution in [1.29, 1.82) is 0 Å². The molecule has 0 bridgehead atoms. The molecule has 0 saturated carbocycles. The number of nitrogens with one attached hydrogen (secondary N) is 1. The molecule has 0 radical (unpaired) electrons. The van der Waals surface area contributed by atoms with Gasteiger partial charge in [0.25, 0.3) is 0 Å². The van der Waals surface area contributed by atoms with Crippen molar-refractivity contribution in [1.82, 2.24) is 5.32 Å². The summed E-state index contributed by atoms with van der Waals surface area (Å²) in [6.07, 6.45) is 1.90. The van der Waals surface area contributed by atoms with Crippen LogP contribution in [-0.4, -0.2) is 24.5 Å². The summed E-state index contributed by atoms with van der Waals surface area (Å²) in [5.41, 5.74) is 1.12. The summed E-state index contributed by atoms with van der Waals surface area (Å²) in [5, 5.41) is 3.81. The Morgan fingerprint density at radius 2 is 2.22 bits per heavy atom. The molecule has 1 N–H and O–H groups in total. The molecule has 2 rings (SSSR count). The Bertz CT molecular complexity index is 377. The van der Waals surface area contributed by atoms with Crippen LogP contribution in [0.25, 0.3) is 0 Å². The molecule has 1 heterocycles. The summed E-state index contributed by atoms with van der Waals surface area (Å²) < 4.78 is 5.35. The lowest BCUT2D eigenvalue weighted by atomic mass is 10.0. The number of hydrogen-bond acceptors (Lipinski definition) is 2. The number of amides is 1. The molecule has 1 aromatic rings. The third-order valence-electron chi connectivity index (χ3n) is 3.20. The molecule has 98 valence electrons. The Morgan fingerprint density at radius 1 is 1.44 bits per heavy atom. The van der Waals surface area contributed by atoms with Gasteiger partial charge in [-0.05, 0) is 18.4 Å². The van der Waals surface area contributed by atoms with E-state index in [0.29, 0.717) is 6.61 Å². The molecular weight excluding hydrogens is 294 g/mol. The fourth-order valence-corrected chi connectivity index (χ4v) is 2.67. The van der Waals surface area contributed by atoms with Gasteiger partial charge in [0.15, 0.2) is 0 Å². The van der Waals surface area contributed by atoms with Crippen LogP contribution in [0.3, 0.4) is 0 Å². The number of carbonyl (C=O) groups is 1. The number of carbonyl (C=O) groups excluding carboxylic acids is 1. The average Bonchev–Trinajstić information content (AvgIpc) is 2.46. The van der Waals surface area contributed by atoms with Crippen molar-refractivity contribution in [3.63, 3.8) is 0 Å². The molecule has 0 spiro atoms. The maximum Gasteiger partial charge on any atom is 0.225 e. The normalized spacial score (nSPS) is 21.3. The molecule has 1 aliphatic rings. The fraction of sp³-hybridized carbons (Fsp3) is 0.500. The summed E-state index contributed by atoms with van der Waals surface area (Å²) in [6, 6.07) is 10.0. The predicted molar refractivity (Wildman–Crippen MR) is 74.7 cm³/mol. The van der Waals surface area contributed by atoms with Gasteiger partial charge in [-0.15, -0.1) is 0 Å². The van der Waals surface area contributed by atoms with Crippen LogP contribution in [0.15, 0.2) is 30.3 Å². The molecule has 1 aromatic carbocycles. The van der Waals surface area contributed by atoms with Crippen LogP contribution < -0.4 is 5.32 Å². The maximum atomic E-state index is 12.1. The van der Waals surface area contributed by atoms with E-state index >= 15 is 0 Å². The number of hydrogen-bond donors (Lipinski definition) is 1. The highest BCUT2D eigenvalue weighted by Gasteiger charge is 2.24. The van der Waals surface area contributed by atoms with Gasteiger partial charge < -0.3 is 10.1 Å². The van der Waals surface area contributed by atoms with Crippen molar-refractivity contribution in [2.45, 2.75) is 18.9 Å². The maximum absolute atomic E-state index is 12.1. The monoisotopic (exact) mass is 311 g/mol. The fourth-order valence-electron chi connectivity index (χ4n) is 2.13. The molecule has 3 nitrogen and oxygen atoms in total. The minimum absolute atomic E-state index is 0.00372. The van der Waals surface area contributed by atoms with Gasteiger partial charge in [0.05, 0.1) is 18.6 Å². The highest BCUT2D eigenvalue weighted by Crippen LogP contribution is 2.18. The molecule has 0 aromatic heterocycles. The van der Waals surface area contributed by atoms with E-state index in [9.17, 15) is 4.79 Å². The summed E-state index contributed by atoms with van der Waals surface area (Å²) in [6.45, 7) is 1.33. The first kappa shape index (κ1) is 13.6. The molecule has 18 heavy (non-hydrogen) atoms. The molecule has 1 saturated heterocycles. The molecule has 2 atom stereocenters. The molecule has 1 aliphatic heterocycles. The van der Waals surface area contributed by atoms with E-state index < -0.39 is 0 Å². The van der Waals surface area contributed by atoms with Gasteiger partial charge in [0.2, 0.25) is 5.91 Å². The van der Waals surface area contributed by atoms with Crippen molar-refractivity contribution < 1.29 is 9.53 Å². The number of halogens is 1. The quantitative estimate of drug-likeness (QED) is 0.868. The Hall–Kier alpha value is -0.870. The first-order chi connectivity index (χ1) is 8.81. The van der Waals surface area contributed by atoms with Gasteiger partial charge in [-0.3, -0.25) is 4.79 Å². The van der Waals surface area contributed by atoms with Gasteiger partial charge >= 0.3 is 0 Å². The first-order valence-electron chi connectivity index (χ1n) is 6.30. The van der Waals surface area contributed by atoms with Gasteiger partial charge in [0.1, 0.15) is 0 Å². The summed E-state index contributed by atoms with van der Waals surface area (Å²) >= 11 is 3.46. The summed E-state index contributed by atoms with van der Waals surface area (Å²) in [5.74, 6) is 0.104. The smallest absolute Gasteiger partial charge is 0.225 e. The van der Waals surface area contributed by atoms with Crippen molar-refractivity contribution >= 4 is 21.8 Å². The van der Waals surface area contributed by atoms with E-state index in [1.54, 1.807) is 0 Å². The molecule has 1 amide bonds. The molecule has 1 fully saturated rings. The summed E-state index contributed by atoms with van der Waals surface area (Å²) in [4.78, 5) is 12.1. The van der Waals surface area contributed by atoms with Crippen LogP contribution in [-0.2, 0) is 9.53 Å². The van der Waals surface area contributed by atoms with Crippen LogP contribution in [0.5, 0.6) is 0 Å². The van der Waals surface area contributed by atoms with Crippen LogP contribution >= 0.6 is 15.9 Å². The zero-order chi connectivity index (χ0) is 12.8. The van der Waals surface area contributed by atoms with Crippen molar-refractivity contribution in [2.24, 2.45) is 5.92 Å². The van der Waals surface area contributed by atoms with Gasteiger partial charge in [-0.2, -0.15) is 0 Å². The zero-order valence-electron chi connectivity index (χ0n) is 10.3. The largest absolute Gasteiger partial charge is 0.381 e. The first-order valence-corrected chi connectivity index (χ1v) is 7.42. The van der Waals surface area contributed by atoms with Gasteiger partial charge in [-0.1, -0.05) is 46.3 Å². The van der Waals surface area contributed by atoms with E-state index in [2.05, 4.69) is 21.2 Å². The summed E-state index contributed by atoms with van der Waals surface area (Å²) in [7, 11) is 0. The minimum Gasteiger partial charge on any atom is -0.381 e. The number of ether oxygens (including phenoxy) is 1. The van der Waals surface area contributed by atoms with Crippen LogP contribution in [0.2, 0.25) is 0 Å². The third kappa shape index (κ3) is 3.56. The highest BCUT2D eigenvalue weighted by atomic mass is 79.9. The second-order valence-electron chi connectivity index (χ2n) is 4.54. The Labute approximate surface area is 116 Å². The Balaban J connectivity index is 1.95. The van der Waals surface area contributed by atoms with E-state index in [1.807, 2.05) is 30.3 Å². The molecule has 2 unspecified atom stereocenters. The topological polar surface area (TPSA) is 38.3 Å². The minimum atomic E-state index is 0.00372. The SMILES string of the molecule is O=C(NC(CBr)c1ccccc1)C1CCCOC1. The van der Waals surface area contributed by atoms with Gasteiger partial charge in [0, 0.05) is 11.9 Å². The molecule has 4 heteroatoms. The third-order valence-corrected chi connectivity index (χ3v) is 3.85.